The van der Waals surface area contributed by atoms with Crippen LogP contribution >= 0.6 is 0 Å². The summed E-state index contributed by atoms with van der Waals surface area (Å²) in [6.07, 6.45) is 0. The molecule has 0 aliphatic heterocycles. The fourth-order valence-corrected chi connectivity index (χ4v) is 3.86. The predicted molar refractivity (Wildman–Crippen MR) is 147 cm³/mol. The van der Waals surface area contributed by atoms with Gasteiger partial charge in [0.05, 0.1) is 0 Å². The molecule has 0 spiro atoms. The van der Waals surface area contributed by atoms with Crippen LogP contribution in [0.5, 0.6) is 0 Å². The Morgan fingerprint density at radius 1 is 0.412 bits per heavy atom. The van der Waals surface area contributed by atoms with Gasteiger partial charge in [-0.25, -0.2) is 0 Å². The molecule has 5 aromatic carbocycles. The summed E-state index contributed by atoms with van der Waals surface area (Å²) in [5.41, 5.74) is 6.61. The standard InChI is InChI=1S/C32H22.C2H6/c1-23-7-3-5-9-27(23)15-11-25-13-17-29-22-32-20-26(14-18-30(32)21-31(29)19-25)12-16-28-10-6-4-8-24(28)2;1-2/h3-10,13-14,17-22H,1-2H3;1-2H3. The van der Waals surface area contributed by atoms with E-state index >= 15 is 0 Å². The first-order valence-corrected chi connectivity index (χ1v) is 11.8. The Balaban J connectivity index is 0.00000133. The van der Waals surface area contributed by atoms with Crippen LogP contribution < -0.4 is 0 Å². The molecule has 5 rings (SSSR count). The molecule has 0 saturated heterocycles. The van der Waals surface area contributed by atoms with E-state index < -0.39 is 0 Å². The van der Waals surface area contributed by atoms with Crippen molar-refractivity contribution in [3.05, 3.63) is 130 Å². The van der Waals surface area contributed by atoms with Crippen molar-refractivity contribution in [3.8, 4) is 23.7 Å². The van der Waals surface area contributed by atoms with E-state index in [1.54, 1.807) is 0 Å². The zero-order valence-electron chi connectivity index (χ0n) is 20.2. The second-order valence-corrected chi connectivity index (χ2v) is 8.11. The van der Waals surface area contributed by atoms with Gasteiger partial charge in [0.15, 0.2) is 0 Å². The van der Waals surface area contributed by atoms with E-state index in [4.69, 9.17) is 0 Å². The molecule has 0 nitrogen and oxygen atoms in total. The van der Waals surface area contributed by atoms with Gasteiger partial charge in [0, 0.05) is 22.3 Å². The second-order valence-electron chi connectivity index (χ2n) is 8.11. The molecule has 0 heteroatoms. The highest BCUT2D eigenvalue weighted by molar-refractivity contribution is 5.99. The summed E-state index contributed by atoms with van der Waals surface area (Å²) in [5.74, 6) is 13.2. The summed E-state index contributed by atoms with van der Waals surface area (Å²) in [6.45, 7) is 8.19. The third-order valence-corrected chi connectivity index (χ3v) is 5.77. The Morgan fingerprint density at radius 2 is 0.824 bits per heavy atom. The number of aryl methyl sites for hydroxylation is 2. The van der Waals surface area contributed by atoms with Crippen molar-refractivity contribution in [2.45, 2.75) is 27.7 Å². The molecule has 0 fully saturated rings. The van der Waals surface area contributed by atoms with Crippen LogP contribution in [-0.4, -0.2) is 0 Å². The lowest BCUT2D eigenvalue weighted by Crippen LogP contribution is -1.83. The largest absolute Gasteiger partial charge is 0.0683 e. The lowest BCUT2D eigenvalue weighted by atomic mass is 10.00. The highest BCUT2D eigenvalue weighted by atomic mass is 14.0. The zero-order chi connectivity index (χ0) is 23.9. The number of hydrogen-bond acceptors (Lipinski definition) is 0. The van der Waals surface area contributed by atoms with E-state index in [0.717, 1.165) is 22.3 Å². The molecule has 0 bridgehead atoms. The van der Waals surface area contributed by atoms with Crippen molar-refractivity contribution in [1.82, 2.24) is 0 Å². The van der Waals surface area contributed by atoms with Gasteiger partial charge >= 0.3 is 0 Å². The molecule has 0 aliphatic rings. The Labute approximate surface area is 203 Å². The molecule has 0 N–H and O–H groups in total. The molecule has 5 aromatic rings. The summed E-state index contributed by atoms with van der Waals surface area (Å²) < 4.78 is 0. The van der Waals surface area contributed by atoms with Gasteiger partial charge < -0.3 is 0 Å². The second kappa shape index (κ2) is 10.6. The maximum atomic E-state index is 3.32. The van der Waals surface area contributed by atoms with Gasteiger partial charge in [0.25, 0.3) is 0 Å². The molecule has 0 saturated carbocycles. The zero-order valence-corrected chi connectivity index (χ0v) is 20.2. The van der Waals surface area contributed by atoms with Crippen LogP contribution in [0.15, 0.2) is 97.1 Å². The van der Waals surface area contributed by atoms with Crippen molar-refractivity contribution in [3.63, 3.8) is 0 Å². The Morgan fingerprint density at radius 3 is 1.24 bits per heavy atom. The smallest absolute Gasteiger partial charge is 0.0278 e. The van der Waals surface area contributed by atoms with Crippen LogP contribution in [0.4, 0.5) is 0 Å². The lowest BCUT2D eigenvalue weighted by molar-refractivity contribution is 1.44. The van der Waals surface area contributed by atoms with E-state index in [-0.39, 0.29) is 0 Å². The summed E-state index contributed by atoms with van der Waals surface area (Å²) in [4.78, 5) is 0. The fourth-order valence-electron chi connectivity index (χ4n) is 3.86. The molecule has 0 radical (unpaired) electrons. The maximum absolute atomic E-state index is 3.32. The van der Waals surface area contributed by atoms with Crippen molar-refractivity contribution < 1.29 is 0 Å². The van der Waals surface area contributed by atoms with E-state index in [1.807, 2.05) is 38.1 Å². The molecule has 0 heterocycles. The number of hydrogen-bond donors (Lipinski definition) is 0. The molecule has 34 heavy (non-hydrogen) atoms. The molecule has 0 aliphatic carbocycles. The first-order valence-electron chi connectivity index (χ1n) is 11.8. The quantitative estimate of drug-likeness (QED) is 0.169. The normalized spacial score (nSPS) is 9.88. The SMILES string of the molecule is CC.Cc1ccccc1C#Cc1ccc2cc3cc(C#Cc4ccccc4C)ccc3cc2c1. The van der Waals surface area contributed by atoms with Gasteiger partial charge in [-0.1, -0.05) is 86.1 Å². The first kappa shape index (κ1) is 22.9. The average Bonchev–Trinajstić information content (AvgIpc) is 2.87. The molecular formula is C34H28. The topological polar surface area (TPSA) is 0 Å². The van der Waals surface area contributed by atoms with Crippen LogP contribution in [0.2, 0.25) is 0 Å². The fraction of sp³-hybridized carbons (Fsp3) is 0.118. The number of benzene rings is 5. The molecule has 0 unspecified atom stereocenters. The summed E-state index contributed by atoms with van der Waals surface area (Å²) in [7, 11) is 0. The minimum absolute atomic E-state index is 1.03. The Bertz CT molecular complexity index is 1470. The van der Waals surface area contributed by atoms with Gasteiger partial charge in [-0.2, -0.15) is 0 Å². The van der Waals surface area contributed by atoms with Crippen LogP contribution in [0, 0.1) is 37.5 Å². The summed E-state index contributed by atoms with van der Waals surface area (Å²) in [6, 6.07) is 33.8. The van der Waals surface area contributed by atoms with E-state index in [1.165, 1.54) is 32.7 Å². The van der Waals surface area contributed by atoms with Gasteiger partial charge in [0.2, 0.25) is 0 Å². The first-order chi connectivity index (χ1) is 16.7. The van der Waals surface area contributed by atoms with Gasteiger partial charge in [-0.05, 0) is 95.1 Å². The minimum atomic E-state index is 1.03. The van der Waals surface area contributed by atoms with Gasteiger partial charge in [-0.15, -0.1) is 0 Å². The van der Waals surface area contributed by atoms with Crippen molar-refractivity contribution in [1.29, 1.82) is 0 Å². The number of fused-ring (bicyclic) bond motifs is 2. The highest BCUT2D eigenvalue weighted by Crippen LogP contribution is 2.25. The van der Waals surface area contributed by atoms with Gasteiger partial charge in [-0.3, -0.25) is 0 Å². The Hall–Kier alpha value is -4.26. The van der Waals surface area contributed by atoms with Crippen molar-refractivity contribution >= 4 is 21.5 Å². The Kier molecular flexibility index (Phi) is 7.13. The summed E-state index contributed by atoms with van der Waals surface area (Å²) in [5, 5.41) is 4.83. The van der Waals surface area contributed by atoms with Crippen LogP contribution in [0.25, 0.3) is 21.5 Å². The van der Waals surface area contributed by atoms with Crippen molar-refractivity contribution in [2.75, 3.05) is 0 Å². The third kappa shape index (κ3) is 5.20. The molecule has 164 valence electrons. The molecule has 0 amide bonds. The molecular weight excluding hydrogens is 408 g/mol. The number of rotatable bonds is 0. The third-order valence-electron chi connectivity index (χ3n) is 5.77. The van der Waals surface area contributed by atoms with Gasteiger partial charge in [0.1, 0.15) is 0 Å². The lowest BCUT2D eigenvalue weighted by Gasteiger charge is -2.04. The monoisotopic (exact) mass is 436 g/mol. The van der Waals surface area contributed by atoms with Crippen molar-refractivity contribution in [2.24, 2.45) is 0 Å². The van der Waals surface area contributed by atoms with Crippen LogP contribution in [0.3, 0.4) is 0 Å². The average molecular weight is 437 g/mol. The molecule has 0 atom stereocenters. The van der Waals surface area contributed by atoms with E-state index in [0.29, 0.717) is 0 Å². The summed E-state index contributed by atoms with van der Waals surface area (Å²) >= 11 is 0. The molecule has 0 aromatic heterocycles. The highest BCUT2D eigenvalue weighted by Gasteiger charge is 2.01. The van der Waals surface area contributed by atoms with E-state index in [2.05, 4.69) is 110 Å². The van der Waals surface area contributed by atoms with E-state index in [9.17, 15) is 0 Å². The maximum Gasteiger partial charge on any atom is 0.0278 e. The van der Waals surface area contributed by atoms with Crippen LogP contribution in [0.1, 0.15) is 47.2 Å². The van der Waals surface area contributed by atoms with Crippen LogP contribution in [-0.2, 0) is 0 Å². The predicted octanol–water partition coefficient (Wildman–Crippen LogP) is 8.44. The minimum Gasteiger partial charge on any atom is -0.0683 e.